The minimum absolute atomic E-state index is 0.210. The number of benzene rings is 1. The van der Waals surface area contributed by atoms with Gasteiger partial charge in [-0.2, -0.15) is 0 Å². The average molecular weight is 439 g/mol. The number of alkyl halides is 2. The van der Waals surface area contributed by atoms with Crippen LogP contribution in [0.25, 0.3) is 26.1 Å². The van der Waals surface area contributed by atoms with E-state index in [-0.39, 0.29) is 12.3 Å². The van der Waals surface area contributed by atoms with Crippen LogP contribution in [0.4, 0.5) is 8.78 Å². The van der Waals surface area contributed by atoms with Crippen LogP contribution in [0.3, 0.4) is 0 Å². The molecule has 6 nitrogen and oxygen atoms in total. The monoisotopic (exact) mass is 439 g/mol. The summed E-state index contributed by atoms with van der Waals surface area (Å²) in [6.07, 6.45) is -1.04. The van der Waals surface area contributed by atoms with Crippen molar-refractivity contribution in [3.63, 3.8) is 0 Å². The molecular formula is C22H19F2N5OS. The summed E-state index contributed by atoms with van der Waals surface area (Å²) in [4.78, 5) is 13.8. The quantitative estimate of drug-likeness (QED) is 0.344. The topological polar surface area (TPSA) is 65.2 Å². The van der Waals surface area contributed by atoms with E-state index in [0.717, 1.165) is 21.4 Å². The van der Waals surface area contributed by atoms with Gasteiger partial charge in [0.15, 0.2) is 11.5 Å². The zero-order chi connectivity index (χ0) is 21.7. The van der Waals surface area contributed by atoms with E-state index in [0.29, 0.717) is 27.7 Å². The van der Waals surface area contributed by atoms with Gasteiger partial charge in [-0.1, -0.05) is 26.0 Å². The Morgan fingerprint density at radius 2 is 1.90 bits per heavy atom. The second-order valence-electron chi connectivity index (χ2n) is 7.68. The van der Waals surface area contributed by atoms with Gasteiger partial charge in [-0.3, -0.25) is 0 Å². The van der Waals surface area contributed by atoms with Gasteiger partial charge in [0, 0.05) is 5.39 Å². The van der Waals surface area contributed by atoms with Crippen molar-refractivity contribution in [2.75, 3.05) is 0 Å². The second-order valence-corrected chi connectivity index (χ2v) is 8.68. The molecule has 0 radical (unpaired) electrons. The first-order valence-corrected chi connectivity index (χ1v) is 10.7. The highest BCUT2D eigenvalue weighted by Gasteiger charge is 2.19. The lowest BCUT2D eigenvalue weighted by Gasteiger charge is -2.07. The van der Waals surface area contributed by atoms with Crippen molar-refractivity contribution in [2.45, 2.75) is 39.7 Å². The number of nitrogens with zero attached hydrogens (tertiary/aromatic N) is 5. The van der Waals surface area contributed by atoms with Crippen LogP contribution in [-0.2, 0) is 6.61 Å². The van der Waals surface area contributed by atoms with Crippen LogP contribution in [0.5, 0.6) is 5.75 Å². The Hall–Kier alpha value is -3.20. The molecule has 0 amide bonds. The number of pyridine rings is 1. The molecule has 158 valence electrons. The number of halogens is 2. The van der Waals surface area contributed by atoms with Crippen molar-refractivity contribution < 1.29 is 13.5 Å². The first-order valence-electron chi connectivity index (χ1n) is 9.85. The van der Waals surface area contributed by atoms with Gasteiger partial charge in [0.1, 0.15) is 33.9 Å². The summed E-state index contributed by atoms with van der Waals surface area (Å²) < 4.78 is 34.5. The fourth-order valence-electron chi connectivity index (χ4n) is 3.55. The summed E-state index contributed by atoms with van der Waals surface area (Å²) >= 11 is 1.30. The van der Waals surface area contributed by atoms with Crippen molar-refractivity contribution in [1.29, 1.82) is 0 Å². The zero-order valence-electron chi connectivity index (χ0n) is 17.1. The van der Waals surface area contributed by atoms with Gasteiger partial charge in [-0.05, 0) is 42.2 Å². The summed E-state index contributed by atoms with van der Waals surface area (Å²) in [5.74, 6) is 1.71. The number of rotatable bonds is 5. The maximum absolute atomic E-state index is 13.2. The molecule has 0 N–H and O–H groups in total. The van der Waals surface area contributed by atoms with Gasteiger partial charge in [0.05, 0.1) is 5.52 Å². The van der Waals surface area contributed by atoms with E-state index >= 15 is 0 Å². The zero-order valence-corrected chi connectivity index (χ0v) is 18.0. The average Bonchev–Trinajstić information content (AvgIpc) is 3.33. The molecular weight excluding hydrogens is 420 g/mol. The van der Waals surface area contributed by atoms with E-state index in [1.54, 1.807) is 17.8 Å². The van der Waals surface area contributed by atoms with Crippen LogP contribution in [0.1, 0.15) is 48.8 Å². The third kappa shape index (κ3) is 3.48. The van der Waals surface area contributed by atoms with Crippen molar-refractivity contribution in [3.05, 3.63) is 59.3 Å². The summed E-state index contributed by atoms with van der Waals surface area (Å²) in [5.41, 5.74) is 3.04. The fraction of sp³-hybridized carbons (Fsp3) is 0.273. The Bertz CT molecular complexity index is 1410. The molecule has 0 aliphatic heterocycles. The third-order valence-electron chi connectivity index (χ3n) is 5.17. The smallest absolute Gasteiger partial charge is 0.280 e. The van der Waals surface area contributed by atoms with E-state index in [2.05, 4.69) is 33.9 Å². The number of hydrogen-bond acceptors (Lipinski definition) is 6. The Labute approximate surface area is 180 Å². The molecule has 0 saturated heterocycles. The second kappa shape index (κ2) is 7.49. The van der Waals surface area contributed by atoms with E-state index < -0.39 is 6.43 Å². The molecule has 0 fully saturated rings. The molecule has 9 heteroatoms. The Morgan fingerprint density at radius 3 is 2.61 bits per heavy atom. The van der Waals surface area contributed by atoms with E-state index in [1.165, 1.54) is 23.0 Å². The Morgan fingerprint density at radius 1 is 1.13 bits per heavy atom. The van der Waals surface area contributed by atoms with Gasteiger partial charge >= 0.3 is 0 Å². The maximum atomic E-state index is 13.2. The molecule has 0 unspecified atom stereocenters. The predicted octanol–water partition coefficient (Wildman–Crippen LogP) is 5.84. The third-order valence-corrected chi connectivity index (χ3v) is 6.24. The minimum Gasteiger partial charge on any atom is -0.486 e. The predicted molar refractivity (Wildman–Crippen MR) is 116 cm³/mol. The van der Waals surface area contributed by atoms with Crippen molar-refractivity contribution >= 4 is 37.4 Å². The van der Waals surface area contributed by atoms with Crippen molar-refractivity contribution in [2.24, 2.45) is 0 Å². The van der Waals surface area contributed by atoms with Gasteiger partial charge in [0.25, 0.3) is 6.43 Å². The Kier molecular flexibility index (Phi) is 4.77. The van der Waals surface area contributed by atoms with E-state index in [9.17, 15) is 8.78 Å². The first kappa shape index (κ1) is 19.7. The number of hydrogen-bond donors (Lipinski definition) is 0. The van der Waals surface area contributed by atoms with Gasteiger partial charge in [-0.15, -0.1) is 16.4 Å². The highest BCUT2D eigenvalue weighted by atomic mass is 32.1. The van der Waals surface area contributed by atoms with Crippen molar-refractivity contribution in [3.8, 4) is 5.75 Å². The molecule has 0 spiro atoms. The van der Waals surface area contributed by atoms with Gasteiger partial charge in [0.2, 0.25) is 0 Å². The molecule has 4 aromatic heterocycles. The van der Waals surface area contributed by atoms with E-state index in [1.807, 2.05) is 24.3 Å². The lowest BCUT2D eigenvalue weighted by molar-refractivity contribution is 0.146. The first-order chi connectivity index (χ1) is 14.9. The minimum atomic E-state index is -2.62. The van der Waals surface area contributed by atoms with Crippen molar-refractivity contribution in [1.82, 2.24) is 24.6 Å². The molecule has 0 bridgehead atoms. The molecule has 0 atom stereocenters. The molecule has 4 heterocycles. The van der Waals surface area contributed by atoms with Crippen LogP contribution >= 0.6 is 11.3 Å². The van der Waals surface area contributed by atoms with Crippen LogP contribution in [0, 0.1) is 6.92 Å². The highest BCUT2D eigenvalue weighted by molar-refractivity contribution is 7.26. The molecule has 1 aromatic carbocycles. The summed E-state index contributed by atoms with van der Waals surface area (Å²) in [6.45, 7) is 6.29. The lowest BCUT2D eigenvalue weighted by atomic mass is 10.0. The maximum Gasteiger partial charge on any atom is 0.280 e. The number of aryl methyl sites for hydroxylation is 1. The molecule has 5 aromatic rings. The van der Waals surface area contributed by atoms with Gasteiger partial charge < -0.3 is 4.74 Å². The standard InChI is InChI=1S/C22H19F2N5OS/c1-11(2)13-4-6-14(7-5-13)30-9-16-27-21-19-18(25-10-29(21)28-16)17-12(3)8-15(20(23)24)26-22(17)31-19/h4-8,10-11,20H,9H2,1-3H3. The molecule has 5 rings (SSSR count). The van der Waals surface area contributed by atoms with Crippen LogP contribution in [0.2, 0.25) is 0 Å². The normalized spacial score (nSPS) is 12.1. The Balaban J connectivity index is 1.50. The molecule has 0 aliphatic carbocycles. The lowest BCUT2D eigenvalue weighted by Crippen LogP contribution is -1.98. The fourth-order valence-corrected chi connectivity index (χ4v) is 4.73. The number of ether oxygens (including phenoxy) is 1. The molecule has 31 heavy (non-hydrogen) atoms. The SMILES string of the molecule is Cc1cc(C(F)F)nc2sc3c(ncn4nc(COc5ccc(C(C)C)cc5)nc34)c12. The van der Waals surface area contributed by atoms with Crippen LogP contribution in [-0.4, -0.2) is 24.6 Å². The van der Waals surface area contributed by atoms with Crippen LogP contribution < -0.4 is 4.74 Å². The van der Waals surface area contributed by atoms with E-state index in [4.69, 9.17) is 4.74 Å². The number of thiophene rings is 1. The number of aromatic nitrogens is 5. The highest BCUT2D eigenvalue weighted by Crippen LogP contribution is 2.36. The summed E-state index contributed by atoms with van der Waals surface area (Å²) in [6, 6.07) is 9.38. The summed E-state index contributed by atoms with van der Waals surface area (Å²) in [7, 11) is 0. The molecule has 0 aliphatic rings. The van der Waals surface area contributed by atoms with Crippen LogP contribution in [0.15, 0.2) is 36.7 Å². The van der Waals surface area contributed by atoms with Gasteiger partial charge in [-0.25, -0.2) is 28.2 Å². The number of fused-ring (bicyclic) bond motifs is 5. The molecule has 0 saturated carbocycles. The summed E-state index contributed by atoms with van der Waals surface area (Å²) in [5, 5.41) is 5.22. The largest absolute Gasteiger partial charge is 0.486 e.